The maximum Gasteiger partial charge on any atom is 0.244 e. The van der Waals surface area contributed by atoms with Crippen LogP contribution in [0, 0.1) is 0 Å². The van der Waals surface area contributed by atoms with Crippen LogP contribution >= 0.6 is 37.9 Å². The molecule has 0 spiro atoms. The van der Waals surface area contributed by atoms with Crippen LogP contribution in [0.2, 0.25) is 0 Å². The van der Waals surface area contributed by atoms with Gasteiger partial charge in [-0.15, -0.1) is 0 Å². The molecule has 1 radical (unpaired) electrons. The molecule has 4 atom stereocenters. The van der Waals surface area contributed by atoms with Crippen LogP contribution in [0.15, 0.2) is 0 Å². The van der Waals surface area contributed by atoms with Crippen molar-refractivity contribution < 1.29 is 24.3 Å². The Hall–Kier alpha value is -0.950. The van der Waals surface area contributed by atoms with E-state index in [1.807, 2.05) is 0 Å². The van der Waals surface area contributed by atoms with Gasteiger partial charge in [-0.2, -0.15) is 37.9 Å². The third-order valence-corrected chi connectivity index (χ3v) is 3.93. The molecule has 0 aliphatic rings. The largest absolute Gasteiger partial charge is 0.394 e. The molecule has 0 unspecified atom stereocenters. The highest BCUT2D eigenvalue weighted by atomic mass is 32.1. The molecule has 0 bridgehead atoms. The van der Waals surface area contributed by atoms with Gasteiger partial charge in [0.15, 0.2) is 0 Å². The first kappa shape index (κ1) is 23.1. The van der Waals surface area contributed by atoms with E-state index in [0.29, 0.717) is 0 Å². The molecular formula is C12H21N4O5S3. The molecule has 3 amide bonds. The molecular weight excluding hydrogens is 376 g/mol. The predicted octanol–water partition coefficient (Wildman–Crippen LogP) is -3.34. The fourth-order valence-electron chi connectivity index (χ4n) is 1.41. The molecule has 0 aromatic heterocycles. The standard InChI is InChI=1S/C12H21N4O5S3/c13-7(3-22)10(19)15-9(5-24)12(21)16-8(4-23)11(20)14-6(1-17)2-18/h6-9,17,22-24H,1,3-5,13H2,(H,14,20)(H,15,19)(H,16,21)/t6-,7-,8-,9-/m0/s1. The van der Waals surface area contributed by atoms with E-state index in [9.17, 15) is 19.2 Å². The van der Waals surface area contributed by atoms with Crippen molar-refractivity contribution in [1.82, 2.24) is 16.0 Å². The molecule has 0 rings (SSSR count). The number of aliphatic hydroxyl groups excluding tert-OH is 1. The van der Waals surface area contributed by atoms with Crippen LogP contribution in [0.5, 0.6) is 0 Å². The number of nitrogens with one attached hydrogen (secondary N) is 3. The lowest BCUT2D eigenvalue weighted by molar-refractivity contribution is -0.131. The normalized spacial score (nSPS) is 15.5. The molecule has 137 valence electrons. The number of aliphatic hydroxyl groups is 1. The number of carbonyl (C=O) groups is 3. The van der Waals surface area contributed by atoms with Crippen molar-refractivity contribution in [3.8, 4) is 0 Å². The minimum Gasteiger partial charge on any atom is -0.394 e. The summed E-state index contributed by atoms with van der Waals surface area (Å²) < 4.78 is 0. The Balaban J connectivity index is 4.78. The molecule has 0 saturated heterocycles. The maximum absolute atomic E-state index is 12.1. The monoisotopic (exact) mass is 397 g/mol. The van der Waals surface area contributed by atoms with Crippen LogP contribution in [0.25, 0.3) is 0 Å². The van der Waals surface area contributed by atoms with Crippen molar-refractivity contribution in [2.75, 3.05) is 23.9 Å². The SMILES string of the molecule is N[C@@H](CS)C(=O)N[C@@H](CS)C(=O)N[C@@H](CS)C(=O)N[C@H]([C]=O)CO. The van der Waals surface area contributed by atoms with E-state index in [4.69, 9.17) is 10.8 Å². The van der Waals surface area contributed by atoms with Gasteiger partial charge in [0.1, 0.15) is 18.1 Å². The first-order valence-electron chi connectivity index (χ1n) is 6.82. The second-order valence-electron chi connectivity index (χ2n) is 4.64. The molecule has 6 N–H and O–H groups in total. The quantitative estimate of drug-likeness (QED) is 0.171. The first-order valence-corrected chi connectivity index (χ1v) is 8.72. The summed E-state index contributed by atoms with van der Waals surface area (Å²) in [5.41, 5.74) is 5.50. The Morgan fingerprint density at radius 2 is 1.38 bits per heavy atom. The van der Waals surface area contributed by atoms with Gasteiger partial charge >= 0.3 is 0 Å². The third-order valence-electron chi connectivity index (χ3n) is 2.81. The summed E-state index contributed by atoms with van der Waals surface area (Å²) >= 11 is 11.8. The van der Waals surface area contributed by atoms with Crippen LogP contribution in [0.3, 0.4) is 0 Å². The van der Waals surface area contributed by atoms with E-state index < -0.39 is 48.5 Å². The molecule has 0 fully saturated rings. The Labute approximate surface area is 156 Å². The van der Waals surface area contributed by atoms with Crippen molar-refractivity contribution in [2.24, 2.45) is 5.73 Å². The average Bonchev–Trinajstić information content (AvgIpc) is 2.60. The number of hydrogen-bond acceptors (Lipinski definition) is 9. The Morgan fingerprint density at radius 1 is 0.917 bits per heavy atom. The van der Waals surface area contributed by atoms with Gasteiger partial charge in [0, 0.05) is 17.3 Å². The molecule has 9 nitrogen and oxygen atoms in total. The van der Waals surface area contributed by atoms with Crippen molar-refractivity contribution in [2.45, 2.75) is 24.2 Å². The summed E-state index contributed by atoms with van der Waals surface area (Å²) in [5, 5.41) is 15.8. The zero-order valence-electron chi connectivity index (χ0n) is 12.6. The fraction of sp³-hybridized carbons (Fsp3) is 0.667. The number of carbonyl (C=O) groups excluding carboxylic acids is 4. The topological polar surface area (TPSA) is 151 Å². The number of thiol groups is 3. The summed E-state index contributed by atoms with van der Waals surface area (Å²) in [6.07, 6.45) is 1.43. The second kappa shape index (κ2) is 12.4. The smallest absolute Gasteiger partial charge is 0.244 e. The van der Waals surface area contributed by atoms with Gasteiger partial charge in [-0.3, -0.25) is 19.2 Å². The van der Waals surface area contributed by atoms with Gasteiger partial charge in [0.05, 0.1) is 12.6 Å². The summed E-state index contributed by atoms with van der Waals surface area (Å²) in [6, 6.07) is -4.19. The number of hydrogen-bond donors (Lipinski definition) is 8. The minimum absolute atomic E-state index is 0.0286. The Morgan fingerprint density at radius 3 is 1.75 bits per heavy atom. The summed E-state index contributed by atoms with van der Waals surface area (Å²) in [6.45, 7) is -0.626. The third kappa shape index (κ3) is 7.75. The number of amides is 3. The molecule has 0 aliphatic carbocycles. The molecule has 0 aromatic rings. The lowest BCUT2D eigenvalue weighted by Gasteiger charge is -2.22. The Bertz CT molecular complexity index is 454. The average molecular weight is 398 g/mol. The van der Waals surface area contributed by atoms with Gasteiger partial charge in [-0.1, -0.05) is 0 Å². The van der Waals surface area contributed by atoms with Gasteiger partial charge < -0.3 is 26.8 Å². The van der Waals surface area contributed by atoms with Gasteiger partial charge in [-0.25, -0.2) is 0 Å². The summed E-state index contributed by atoms with van der Waals surface area (Å²) in [5.74, 6) is -1.98. The van der Waals surface area contributed by atoms with Crippen LogP contribution in [0.4, 0.5) is 0 Å². The minimum atomic E-state index is -1.20. The van der Waals surface area contributed by atoms with Crippen LogP contribution < -0.4 is 21.7 Å². The highest BCUT2D eigenvalue weighted by Gasteiger charge is 2.27. The fourth-order valence-corrected chi connectivity index (χ4v) is 2.09. The van der Waals surface area contributed by atoms with E-state index in [1.165, 1.54) is 6.29 Å². The molecule has 0 aliphatic heterocycles. The van der Waals surface area contributed by atoms with Crippen molar-refractivity contribution in [3.05, 3.63) is 0 Å². The second-order valence-corrected chi connectivity index (χ2v) is 5.73. The lowest BCUT2D eigenvalue weighted by atomic mass is 10.2. The Kier molecular flexibility index (Phi) is 11.9. The number of nitrogens with two attached hydrogens (primary N) is 1. The van der Waals surface area contributed by atoms with Crippen LogP contribution in [-0.2, 0) is 19.2 Å². The van der Waals surface area contributed by atoms with Crippen molar-refractivity contribution >= 4 is 61.9 Å². The van der Waals surface area contributed by atoms with Crippen molar-refractivity contribution in [3.63, 3.8) is 0 Å². The predicted molar refractivity (Wildman–Crippen MR) is 98.1 cm³/mol. The zero-order chi connectivity index (χ0) is 18.7. The van der Waals surface area contributed by atoms with Gasteiger partial charge in [0.25, 0.3) is 0 Å². The molecule has 0 aromatic carbocycles. The highest BCUT2D eigenvalue weighted by Crippen LogP contribution is 1.96. The van der Waals surface area contributed by atoms with Gasteiger partial charge in [0.2, 0.25) is 24.0 Å². The van der Waals surface area contributed by atoms with E-state index in [0.717, 1.165) is 0 Å². The van der Waals surface area contributed by atoms with E-state index in [2.05, 4.69) is 53.8 Å². The van der Waals surface area contributed by atoms with Crippen LogP contribution in [-0.4, -0.2) is 77.1 Å². The molecule has 24 heavy (non-hydrogen) atoms. The zero-order valence-corrected chi connectivity index (χ0v) is 15.3. The lowest BCUT2D eigenvalue weighted by Crippen LogP contribution is -2.58. The van der Waals surface area contributed by atoms with E-state index in [-0.39, 0.29) is 17.3 Å². The van der Waals surface area contributed by atoms with E-state index in [1.54, 1.807) is 0 Å². The summed E-state index contributed by atoms with van der Waals surface area (Å²) in [4.78, 5) is 46.3. The maximum atomic E-state index is 12.1. The first-order chi connectivity index (χ1) is 11.3. The van der Waals surface area contributed by atoms with E-state index >= 15 is 0 Å². The van der Waals surface area contributed by atoms with Crippen LogP contribution in [0.1, 0.15) is 0 Å². The molecule has 0 heterocycles. The number of rotatable bonds is 11. The summed E-state index contributed by atoms with van der Waals surface area (Å²) in [7, 11) is 0. The highest BCUT2D eigenvalue weighted by molar-refractivity contribution is 7.80. The van der Waals surface area contributed by atoms with Crippen molar-refractivity contribution in [1.29, 1.82) is 0 Å². The molecule has 0 saturated carbocycles. The molecule has 12 heteroatoms. The van der Waals surface area contributed by atoms with Gasteiger partial charge in [-0.05, 0) is 0 Å².